The minimum atomic E-state index is -4.82. The average Bonchev–Trinajstić information content (AvgIpc) is 2.90. The van der Waals surface area contributed by atoms with Gasteiger partial charge in [-0.2, -0.15) is 0 Å². The zero-order valence-corrected chi connectivity index (χ0v) is 17.7. The Bertz CT molecular complexity index is 939. The minimum Gasteiger partial charge on any atom is -0.406 e. The lowest BCUT2D eigenvalue weighted by Gasteiger charge is -2.56. The molecule has 1 aromatic carbocycles. The lowest BCUT2D eigenvalue weighted by atomic mass is 9.48. The molecule has 9 heteroatoms. The number of ether oxygens (including phenoxy) is 1. The van der Waals surface area contributed by atoms with Crippen LogP contribution in [0.1, 0.15) is 51.0 Å². The molecular formula is C23H25F3N2O4. The lowest BCUT2D eigenvalue weighted by molar-refractivity contribution is -0.274. The van der Waals surface area contributed by atoms with Gasteiger partial charge in [-0.25, -0.2) is 4.79 Å². The molecule has 5 aliphatic rings. The van der Waals surface area contributed by atoms with Crippen LogP contribution in [0.15, 0.2) is 24.3 Å². The minimum absolute atomic E-state index is 0.0433. The number of halogens is 3. The van der Waals surface area contributed by atoms with Gasteiger partial charge < -0.3 is 10.1 Å². The molecule has 1 N–H and O–H groups in total. The van der Waals surface area contributed by atoms with Gasteiger partial charge in [0.25, 0.3) is 5.91 Å². The summed E-state index contributed by atoms with van der Waals surface area (Å²) < 4.78 is 41.1. The Morgan fingerprint density at radius 2 is 1.59 bits per heavy atom. The molecule has 1 unspecified atom stereocenters. The summed E-state index contributed by atoms with van der Waals surface area (Å²) in [7, 11) is 0. The van der Waals surface area contributed by atoms with Gasteiger partial charge in [-0.3, -0.25) is 14.5 Å². The molecule has 6 nitrogen and oxygen atoms in total. The van der Waals surface area contributed by atoms with Crippen LogP contribution in [0.5, 0.6) is 5.75 Å². The van der Waals surface area contributed by atoms with E-state index in [0.717, 1.165) is 36.3 Å². The number of ketones is 1. The van der Waals surface area contributed by atoms with Crippen molar-refractivity contribution in [1.82, 2.24) is 10.2 Å². The molecule has 4 aliphatic carbocycles. The van der Waals surface area contributed by atoms with Crippen molar-refractivity contribution in [3.63, 3.8) is 0 Å². The summed E-state index contributed by atoms with van der Waals surface area (Å²) in [6.07, 6.45) is 1.26. The Morgan fingerprint density at radius 1 is 1.06 bits per heavy atom. The molecule has 1 atom stereocenters. The number of carbonyl (C=O) groups excluding carboxylic acids is 3. The molecule has 6 rings (SSSR count). The summed E-state index contributed by atoms with van der Waals surface area (Å²) in [5.41, 5.74) is -1.57. The van der Waals surface area contributed by atoms with Crippen LogP contribution in [-0.2, 0) is 15.1 Å². The third-order valence-electron chi connectivity index (χ3n) is 7.87. The van der Waals surface area contributed by atoms with Crippen LogP contribution in [0.4, 0.5) is 18.0 Å². The number of carbonyl (C=O) groups is 3. The highest BCUT2D eigenvalue weighted by Crippen LogP contribution is 2.60. The summed E-state index contributed by atoms with van der Waals surface area (Å²) in [5.74, 6) is 0.654. The molecule has 4 saturated carbocycles. The van der Waals surface area contributed by atoms with Crippen molar-refractivity contribution in [3.8, 4) is 5.75 Å². The van der Waals surface area contributed by atoms with Crippen LogP contribution < -0.4 is 10.1 Å². The Kier molecular flexibility index (Phi) is 4.63. The predicted molar refractivity (Wildman–Crippen MR) is 106 cm³/mol. The van der Waals surface area contributed by atoms with E-state index in [9.17, 15) is 27.6 Å². The van der Waals surface area contributed by atoms with Crippen molar-refractivity contribution in [2.75, 3.05) is 6.54 Å². The maximum Gasteiger partial charge on any atom is 0.573 e. The van der Waals surface area contributed by atoms with Gasteiger partial charge >= 0.3 is 12.4 Å². The van der Waals surface area contributed by atoms with E-state index in [0.29, 0.717) is 23.3 Å². The van der Waals surface area contributed by atoms with Gasteiger partial charge in [0.2, 0.25) is 0 Å². The summed E-state index contributed by atoms with van der Waals surface area (Å²) >= 11 is 0. The molecule has 3 amide bonds. The number of rotatable bonds is 5. The fourth-order valence-electron chi connectivity index (χ4n) is 6.79. The van der Waals surface area contributed by atoms with Gasteiger partial charge in [0.05, 0.1) is 6.54 Å². The second-order valence-electron chi connectivity index (χ2n) is 10.1. The van der Waals surface area contributed by atoms with Gasteiger partial charge in [-0.05, 0) is 80.9 Å². The largest absolute Gasteiger partial charge is 0.573 e. The first-order chi connectivity index (χ1) is 15.0. The highest BCUT2D eigenvalue weighted by atomic mass is 19.4. The average molecular weight is 450 g/mol. The standard InChI is InChI=1S/C23H25F3N2O4/c1-21(16-2-4-17(5-3-16)32-23(24,25)26)19(30)28(20(31)27-21)12-18(29)22-9-13-6-14(10-22)8-15(7-13)11-22/h2-5,13-15H,6-12H2,1H3,(H,27,31). The second kappa shape index (κ2) is 6.96. The van der Waals surface area contributed by atoms with E-state index in [1.54, 1.807) is 0 Å². The van der Waals surface area contributed by atoms with Gasteiger partial charge in [-0.15, -0.1) is 13.2 Å². The SMILES string of the molecule is CC1(c2ccc(OC(F)(F)F)cc2)NC(=O)N(CC(=O)C23CC4CC(CC(C4)C2)C3)C1=O. The van der Waals surface area contributed by atoms with Crippen molar-refractivity contribution < 1.29 is 32.3 Å². The number of amides is 3. The number of alkyl halides is 3. The van der Waals surface area contributed by atoms with Crippen molar-refractivity contribution in [1.29, 1.82) is 0 Å². The number of hydrogen-bond donors (Lipinski definition) is 1. The van der Waals surface area contributed by atoms with Crippen LogP contribution in [0, 0.1) is 23.2 Å². The summed E-state index contributed by atoms with van der Waals surface area (Å²) in [6, 6.07) is 4.15. The number of urea groups is 1. The van der Waals surface area contributed by atoms with Crippen molar-refractivity contribution in [2.24, 2.45) is 23.2 Å². The van der Waals surface area contributed by atoms with Crippen LogP contribution in [0.2, 0.25) is 0 Å². The van der Waals surface area contributed by atoms with Crippen LogP contribution in [0.3, 0.4) is 0 Å². The van der Waals surface area contributed by atoms with Crippen molar-refractivity contribution in [2.45, 2.75) is 57.3 Å². The zero-order valence-electron chi connectivity index (χ0n) is 17.7. The molecule has 32 heavy (non-hydrogen) atoms. The third kappa shape index (κ3) is 3.46. The Labute approximate surface area is 183 Å². The smallest absolute Gasteiger partial charge is 0.406 e. The molecule has 5 fully saturated rings. The van der Waals surface area contributed by atoms with Crippen molar-refractivity contribution >= 4 is 17.7 Å². The van der Waals surface area contributed by atoms with E-state index in [2.05, 4.69) is 10.1 Å². The highest BCUT2D eigenvalue weighted by Gasteiger charge is 2.56. The third-order valence-corrected chi connectivity index (χ3v) is 7.87. The van der Waals surface area contributed by atoms with Gasteiger partial charge in [-0.1, -0.05) is 12.1 Å². The Hall–Kier alpha value is -2.58. The van der Waals surface area contributed by atoms with E-state index in [-0.39, 0.29) is 12.3 Å². The molecule has 172 valence electrons. The number of nitrogens with one attached hydrogen (secondary N) is 1. The molecule has 0 spiro atoms. The second-order valence-corrected chi connectivity index (χ2v) is 10.1. The molecule has 1 aliphatic heterocycles. The molecule has 1 heterocycles. The summed E-state index contributed by atoms with van der Waals surface area (Å²) in [4.78, 5) is 40.2. The maximum atomic E-state index is 13.4. The van der Waals surface area contributed by atoms with Crippen LogP contribution in [0.25, 0.3) is 0 Å². The molecule has 1 aromatic rings. The number of benzene rings is 1. The van der Waals surface area contributed by atoms with E-state index < -0.39 is 35.0 Å². The predicted octanol–water partition coefficient (Wildman–Crippen LogP) is 4.14. The molecule has 0 aromatic heterocycles. The van der Waals surface area contributed by atoms with Gasteiger partial charge in [0.1, 0.15) is 11.3 Å². The Balaban J connectivity index is 1.32. The summed E-state index contributed by atoms with van der Waals surface area (Å²) in [5, 5.41) is 2.62. The zero-order chi connectivity index (χ0) is 22.9. The van der Waals surface area contributed by atoms with Crippen LogP contribution >= 0.6 is 0 Å². The highest BCUT2D eigenvalue weighted by molar-refractivity contribution is 6.09. The maximum absolute atomic E-state index is 13.4. The number of nitrogens with zero attached hydrogens (tertiary/aromatic N) is 1. The number of hydrogen-bond acceptors (Lipinski definition) is 4. The topological polar surface area (TPSA) is 75.7 Å². The van der Waals surface area contributed by atoms with E-state index in [1.807, 2.05) is 0 Å². The summed E-state index contributed by atoms with van der Waals surface area (Å²) in [6.45, 7) is 1.23. The van der Waals surface area contributed by atoms with Gasteiger partial charge in [0.15, 0.2) is 5.78 Å². The first-order valence-corrected chi connectivity index (χ1v) is 11.0. The van der Waals surface area contributed by atoms with E-state index >= 15 is 0 Å². The van der Waals surface area contributed by atoms with E-state index in [1.165, 1.54) is 38.3 Å². The monoisotopic (exact) mass is 450 g/mol. The lowest BCUT2D eigenvalue weighted by Crippen LogP contribution is -2.53. The first kappa shape index (κ1) is 21.3. The van der Waals surface area contributed by atoms with Crippen molar-refractivity contribution in [3.05, 3.63) is 29.8 Å². The van der Waals surface area contributed by atoms with E-state index in [4.69, 9.17) is 0 Å². The fourth-order valence-corrected chi connectivity index (χ4v) is 6.79. The first-order valence-electron chi connectivity index (χ1n) is 11.0. The normalized spacial score (nSPS) is 35.9. The molecule has 4 bridgehead atoms. The number of imide groups is 1. The quantitative estimate of drug-likeness (QED) is 0.685. The number of Topliss-reactive ketones (excluding diaryl/α,β-unsaturated/α-hetero) is 1. The fraction of sp³-hybridized carbons (Fsp3) is 0.609. The molecule has 1 saturated heterocycles. The molecular weight excluding hydrogens is 425 g/mol. The Morgan fingerprint density at radius 3 is 2.09 bits per heavy atom. The van der Waals surface area contributed by atoms with Gasteiger partial charge in [0, 0.05) is 5.41 Å². The van der Waals surface area contributed by atoms with Crippen LogP contribution in [-0.4, -0.2) is 35.5 Å². The molecule has 0 radical (unpaired) electrons.